The number of rotatable bonds is 9. The number of ether oxygens (including phenoxy) is 1. The first-order chi connectivity index (χ1) is 16.9. The lowest BCUT2D eigenvalue weighted by Crippen LogP contribution is -2.16. The zero-order valence-corrected chi connectivity index (χ0v) is 23.0. The van der Waals surface area contributed by atoms with E-state index in [-0.39, 0.29) is 5.69 Å². The number of carbonyl (C=O) groups is 2. The van der Waals surface area contributed by atoms with Gasteiger partial charge in [-0.05, 0) is 42.9 Å². The van der Waals surface area contributed by atoms with E-state index in [9.17, 15) is 22.8 Å². The largest absolute Gasteiger partial charge is 0.453 e. The minimum Gasteiger partial charge on any atom is -0.453 e. The molecule has 0 spiro atoms. The SMILES string of the molecule is CCCC(CC(C)C)C(C)Sc1cc(C(=O)Nc2cc(F)c(F)c(F)c2)ccc1Cl.CNC(=O)OC. The number of hydrogen-bond donors (Lipinski definition) is 2. The molecule has 2 N–H and O–H groups in total. The van der Waals surface area contributed by atoms with Crippen molar-refractivity contribution in [1.82, 2.24) is 5.32 Å². The molecule has 0 bridgehead atoms. The van der Waals surface area contributed by atoms with E-state index in [1.165, 1.54) is 14.2 Å². The third-order valence-electron chi connectivity index (χ3n) is 5.23. The first-order valence-corrected chi connectivity index (χ1v) is 12.9. The first kappa shape index (κ1) is 31.6. The van der Waals surface area contributed by atoms with Crippen molar-refractivity contribution in [3.63, 3.8) is 0 Å². The molecule has 5 nitrogen and oxygen atoms in total. The molecule has 0 aromatic heterocycles. The van der Waals surface area contributed by atoms with Gasteiger partial charge in [-0.25, -0.2) is 18.0 Å². The molecule has 2 amide bonds. The van der Waals surface area contributed by atoms with E-state index in [2.05, 4.69) is 43.1 Å². The van der Waals surface area contributed by atoms with E-state index in [1.807, 2.05) is 0 Å². The summed E-state index contributed by atoms with van der Waals surface area (Å²) in [6.07, 6.45) is 2.92. The Morgan fingerprint density at radius 3 is 2.17 bits per heavy atom. The number of nitrogens with one attached hydrogen (secondary N) is 2. The Morgan fingerprint density at radius 1 is 1.08 bits per heavy atom. The Bertz CT molecular complexity index is 995. The van der Waals surface area contributed by atoms with Crippen LogP contribution in [0.2, 0.25) is 5.02 Å². The standard InChI is InChI=1S/C23H27ClF3NOS.C3H7NO2/c1-5-6-15(9-13(2)3)14(4)30-21-10-16(7-8-18(21)24)23(29)28-17-11-19(25)22(27)20(26)12-17;1-4-3(5)6-2/h7-8,10-15H,5-6,9H2,1-4H3,(H,28,29);1-2H3,(H,4,5). The summed E-state index contributed by atoms with van der Waals surface area (Å²) >= 11 is 7.98. The number of carbonyl (C=O) groups excluding carboxylic acids is 2. The van der Waals surface area contributed by atoms with Crippen LogP contribution in [0.5, 0.6) is 0 Å². The molecular weight excluding hydrogens is 513 g/mol. The number of alkyl carbamates (subject to hydrolysis) is 1. The van der Waals surface area contributed by atoms with Crippen molar-refractivity contribution in [3.05, 3.63) is 58.4 Å². The van der Waals surface area contributed by atoms with Gasteiger partial charge in [0.25, 0.3) is 5.91 Å². The van der Waals surface area contributed by atoms with E-state index in [1.54, 1.807) is 30.0 Å². The highest BCUT2D eigenvalue weighted by Crippen LogP contribution is 2.37. The van der Waals surface area contributed by atoms with Gasteiger partial charge in [-0.2, -0.15) is 0 Å². The van der Waals surface area contributed by atoms with E-state index in [0.717, 1.165) is 36.3 Å². The van der Waals surface area contributed by atoms with Crippen molar-refractivity contribution in [2.45, 2.75) is 57.1 Å². The Morgan fingerprint density at radius 2 is 1.69 bits per heavy atom. The van der Waals surface area contributed by atoms with Crippen LogP contribution in [0.15, 0.2) is 35.2 Å². The monoisotopic (exact) mass is 546 g/mol. The van der Waals surface area contributed by atoms with Gasteiger partial charge >= 0.3 is 6.09 Å². The van der Waals surface area contributed by atoms with Gasteiger partial charge in [-0.3, -0.25) is 4.79 Å². The number of thioether (sulfide) groups is 1. The van der Waals surface area contributed by atoms with Gasteiger partial charge < -0.3 is 15.4 Å². The van der Waals surface area contributed by atoms with Crippen molar-refractivity contribution in [2.24, 2.45) is 11.8 Å². The van der Waals surface area contributed by atoms with E-state index in [0.29, 0.717) is 27.7 Å². The van der Waals surface area contributed by atoms with Crippen LogP contribution in [0.3, 0.4) is 0 Å². The average Bonchev–Trinajstić information content (AvgIpc) is 2.83. The number of benzene rings is 2. The van der Waals surface area contributed by atoms with Gasteiger partial charge in [0.05, 0.1) is 12.1 Å². The molecule has 36 heavy (non-hydrogen) atoms. The Kier molecular flexibility index (Phi) is 13.8. The van der Waals surface area contributed by atoms with Gasteiger partial charge in [-0.1, -0.05) is 45.7 Å². The highest BCUT2D eigenvalue weighted by Gasteiger charge is 2.21. The van der Waals surface area contributed by atoms with Crippen molar-refractivity contribution in [3.8, 4) is 0 Å². The fourth-order valence-corrected chi connectivity index (χ4v) is 4.95. The second kappa shape index (κ2) is 15.7. The van der Waals surface area contributed by atoms with Crippen molar-refractivity contribution in [2.75, 3.05) is 19.5 Å². The molecular formula is C26H34ClF3N2O3S. The molecule has 0 saturated heterocycles. The second-order valence-electron chi connectivity index (χ2n) is 8.60. The first-order valence-electron chi connectivity index (χ1n) is 11.6. The van der Waals surface area contributed by atoms with Crippen LogP contribution in [-0.2, 0) is 4.74 Å². The maximum Gasteiger partial charge on any atom is 0.406 e. The lowest BCUT2D eigenvalue weighted by Gasteiger charge is -2.25. The van der Waals surface area contributed by atoms with Gasteiger partial charge in [-0.15, -0.1) is 11.8 Å². The summed E-state index contributed by atoms with van der Waals surface area (Å²) in [4.78, 5) is 23.2. The minimum atomic E-state index is -1.57. The lowest BCUT2D eigenvalue weighted by atomic mass is 9.91. The molecule has 0 saturated carbocycles. The molecule has 2 unspecified atom stereocenters. The molecule has 0 fully saturated rings. The third-order valence-corrected chi connectivity index (χ3v) is 7.02. The molecule has 10 heteroatoms. The zero-order valence-electron chi connectivity index (χ0n) is 21.4. The summed E-state index contributed by atoms with van der Waals surface area (Å²) in [6, 6.07) is 6.33. The molecule has 0 radical (unpaired) electrons. The number of anilines is 1. The summed E-state index contributed by atoms with van der Waals surface area (Å²) in [6.45, 7) is 8.75. The van der Waals surface area contributed by atoms with E-state index >= 15 is 0 Å². The van der Waals surface area contributed by atoms with Crippen LogP contribution >= 0.6 is 23.4 Å². The lowest BCUT2D eigenvalue weighted by molar-refractivity contribution is 0.102. The van der Waals surface area contributed by atoms with Crippen LogP contribution in [0, 0.1) is 29.3 Å². The summed E-state index contributed by atoms with van der Waals surface area (Å²) in [5, 5.41) is 5.50. The Balaban J connectivity index is 0.000000960. The predicted molar refractivity (Wildman–Crippen MR) is 140 cm³/mol. The molecule has 0 aliphatic carbocycles. The van der Waals surface area contributed by atoms with Crippen molar-refractivity contribution in [1.29, 1.82) is 0 Å². The summed E-state index contributed by atoms with van der Waals surface area (Å²) in [7, 11) is 2.82. The number of halogens is 4. The van der Waals surface area contributed by atoms with Crippen LogP contribution in [0.4, 0.5) is 23.7 Å². The van der Waals surface area contributed by atoms with Crippen molar-refractivity contribution >= 4 is 41.1 Å². The smallest absolute Gasteiger partial charge is 0.406 e. The number of hydrogen-bond acceptors (Lipinski definition) is 4. The minimum absolute atomic E-state index is 0.158. The van der Waals surface area contributed by atoms with E-state index in [4.69, 9.17) is 11.6 Å². The molecule has 200 valence electrons. The average molecular weight is 547 g/mol. The summed E-state index contributed by atoms with van der Waals surface area (Å²) < 4.78 is 44.0. The van der Waals surface area contributed by atoms with E-state index < -0.39 is 29.5 Å². The fraction of sp³-hybridized carbons (Fsp3) is 0.462. The molecule has 0 heterocycles. The molecule has 2 aromatic rings. The van der Waals surface area contributed by atoms with Gasteiger partial charge in [0.15, 0.2) is 17.5 Å². The normalized spacial score (nSPS) is 12.3. The quantitative estimate of drug-likeness (QED) is 0.247. The highest BCUT2D eigenvalue weighted by atomic mass is 35.5. The Hall–Kier alpha value is -2.39. The van der Waals surface area contributed by atoms with Crippen LogP contribution in [0.1, 0.15) is 57.3 Å². The molecule has 0 aliphatic rings. The summed E-state index contributed by atoms with van der Waals surface area (Å²) in [5.41, 5.74) is 0.143. The fourth-order valence-electron chi connectivity index (χ4n) is 3.48. The third kappa shape index (κ3) is 10.3. The molecule has 2 rings (SSSR count). The molecule has 2 atom stereocenters. The Labute approximate surface area is 220 Å². The van der Waals surface area contributed by atoms with Crippen LogP contribution in [0.25, 0.3) is 0 Å². The molecule has 0 aliphatic heterocycles. The number of amides is 2. The number of methoxy groups -OCH3 is 1. The van der Waals surface area contributed by atoms with Crippen LogP contribution in [-0.4, -0.2) is 31.4 Å². The topological polar surface area (TPSA) is 67.4 Å². The molecule has 2 aromatic carbocycles. The van der Waals surface area contributed by atoms with Gasteiger partial charge in [0.2, 0.25) is 0 Å². The zero-order chi connectivity index (χ0) is 27.4. The van der Waals surface area contributed by atoms with Crippen molar-refractivity contribution < 1.29 is 27.5 Å². The summed E-state index contributed by atoms with van der Waals surface area (Å²) in [5.74, 6) is -3.74. The predicted octanol–water partition coefficient (Wildman–Crippen LogP) is 7.92. The second-order valence-corrected chi connectivity index (χ2v) is 10.4. The van der Waals surface area contributed by atoms with Gasteiger partial charge in [0, 0.05) is 40.6 Å². The van der Waals surface area contributed by atoms with Crippen LogP contribution < -0.4 is 10.6 Å². The highest BCUT2D eigenvalue weighted by molar-refractivity contribution is 8.00. The van der Waals surface area contributed by atoms with Gasteiger partial charge in [0.1, 0.15) is 0 Å². The maximum atomic E-state index is 13.4. The maximum absolute atomic E-state index is 13.4.